The second-order valence-electron chi connectivity index (χ2n) is 9.09. The predicted molar refractivity (Wildman–Crippen MR) is 127 cm³/mol. The van der Waals surface area contributed by atoms with Crippen molar-refractivity contribution in [2.75, 3.05) is 102 Å². The predicted octanol–water partition coefficient (Wildman–Crippen LogP) is 1.49. The van der Waals surface area contributed by atoms with Crippen LogP contribution in [0.1, 0.15) is 26.7 Å². The SMILES string of the molecule is CCN(C)C[C@@H]1CCN(c2nc(NCCOC)nc(N3CC[C@@H](CN(C)CC)C3)n2)C1. The Morgan fingerprint density at radius 2 is 1.42 bits per heavy atom. The third-order valence-electron chi connectivity index (χ3n) is 6.56. The van der Waals surface area contributed by atoms with Crippen molar-refractivity contribution >= 4 is 17.8 Å². The monoisotopic (exact) mass is 434 g/mol. The lowest BCUT2D eigenvalue weighted by Gasteiger charge is -2.23. The zero-order valence-corrected chi connectivity index (χ0v) is 20.2. The van der Waals surface area contributed by atoms with E-state index in [-0.39, 0.29) is 0 Å². The summed E-state index contributed by atoms with van der Waals surface area (Å²) in [5.41, 5.74) is 0. The maximum absolute atomic E-state index is 5.18. The van der Waals surface area contributed by atoms with Crippen molar-refractivity contribution in [3.05, 3.63) is 0 Å². The zero-order chi connectivity index (χ0) is 22.2. The van der Waals surface area contributed by atoms with Crippen LogP contribution in [0.25, 0.3) is 0 Å². The molecule has 2 aliphatic rings. The van der Waals surface area contributed by atoms with E-state index in [9.17, 15) is 0 Å². The summed E-state index contributed by atoms with van der Waals surface area (Å²) in [6.45, 7) is 14.2. The molecule has 1 N–H and O–H groups in total. The maximum Gasteiger partial charge on any atom is 0.231 e. The van der Waals surface area contributed by atoms with Crippen LogP contribution in [0.4, 0.5) is 17.8 Å². The van der Waals surface area contributed by atoms with E-state index in [1.807, 2.05) is 0 Å². The third-order valence-corrected chi connectivity index (χ3v) is 6.56. The average Bonchev–Trinajstić information content (AvgIpc) is 3.43. The molecule has 1 aromatic heterocycles. The van der Waals surface area contributed by atoms with Gasteiger partial charge in [0, 0.05) is 52.9 Å². The van der Waals surface area contributed by atoms with Gasteiger partial charge in [-0.1, -0.05) is 13.8 Å². The van der Waals surface area contributed by atoms with Gasteiger partial charge in [0.05, 0.1) is 6.61 Å². The number of hydrogen-bond acceptors (Lipinski definition) is 9. The van der Waals surface area contributed by atoms with Gasteiger partial charge < -0.3 is 29.7 Å². The van der Waals surface area contributed by atoms with E-state index < -0.39 is 0 Å². The molecule has 0 radical (unpaired) electrons. The molecule has 0 amide bonds. The van der Waals surface area contributed by atoms with Crippen molar-refractivity contribution in [2.45, 2.75) is 26.7 Å². The van der Waals surface area contributed by atoms with E-state index in [1.165, 1.54) is 12.8 Å². The summed E-state index contributed by atoms with van der Waals surface area (Å²) in [6.07, 6.45) is 2.37. The fourth-order valence-corrected chi connectivity index (χ4v) is 4.45. The van der Waals surface area contributed by atoms with Gasteiger partial charge in [-0.25, -0.2) is 0 Å². The topological polar surface area (TPSA) is 72.9 Å². The fourth-order valence-electron chi connectivity index (χ4n) is 4.45. The van der Waals surface area contributed by atoms with Gasteiger partial charge in [-0.3, -0.25) is 0 Å². The highest BCUT2D eigenvalue weighted by Gasteiger charge is 2.29. The fraction of sp³-hybridized carbons (Fsp3) is 0.864. The number of hydrogen-bond donors (Lipinski definition) is 1. The molecule has 0 unspecified atom stereocenters. The smallest absolute Gasteiger partial charge is 0.231 e. The molecular formula is C22H42N8O. The minimum absolute atomic E-state index is 0.626. The average molecular weight is 435 g/mol. The van der Waals surface area contributed by atoms with Crippen LogP contribution in [0.15, 0.2) is 0 Å². The van der Waals surface area contributed by atoms with Crippen LogP contribution < -0.4 is 15.1 Å². The van der Waals surface area contributed by atoms with E-state index >= 15 is 0 Å². The van der Waals surface area contributed by atoms with Gasteiger partial charge >= 0.3 is 0 Å². The van der Waals surface area contributed by atoms with Crippen LogP contribution in [0.5, 0.6) is 0 Å². The van der Waals surface area contributed by atoms with Crippen LogP contribution in [-0.2, 0) is 4.74 Å². The largest absolute Gasteiger partial charge is 0.383 e. The highest BCUT2D eigenvalue weighted by molar-refractivity contribution is 5.46. The van der Waals surface area contributed by atoms with E-state index in [0.717, 1.165) is 64.3 Å². The van der Waals surface area contributed by atoms with Crippen molar-refractivity contribution in [3.8, 4) is 0 Å². The molecular weight excluding hydrogens is 392 g/mol. The lowest BCUT2D eigenvalue weighted by molar-refractivity contribution is 0.210. The Morgan fingerprint density at radius 3 is 1.87 bits per heavy atom. The van der Waals surface area contributed by atoms with E-state index in [4.69, 9.17) is 19.7 Å². The molecule has 2 saturated heterocycles. The first kappa shape index (κ1) is 23.9. The number of rotatable bonds is 12. The summed E-state index contributed by atoms with van der Waals surface area (Å²) in [5, 5.41) is 3.32. The summed E-state index contributed by atoms with van der Waals surface area (Å²) in [4.78, 5) is 23.9. The van der Waals surface area contributed by atoms with Crippen LogP contribution in [-0.4, -0.2) is 111 Å². The number of nitrogens with one attached hydrogen (secondary N) is 1. The molecule has 0 aromatic carbocycles. The highest BCUT2D eigenvalue weighted by atomic mass is 16.5. The van der Waals surface area contributed by atoms with Crippen LogP contribution in [0, 0.1) is 11.8 Å². The van der Waals surface area contributed by atoms with Crippen molar-refractivity contribution < 1.29 is 4.74 Å². The molecule has 0 bridgehead atoms. The van der Waals surface area contributed by atoms with Crippen molar-refractivity contribution in [3.63, 3.8) is 0 Å². The van der Waals surface area contributed by atoms with Gasteiger partial charge in [-0.15, -0.1) is 0 Å². The summed E-state index contributed by atoms with van der Waals surface area (Å²) >= 11 is 0. The first-order chi connectivity index (χ1) is 15.0. The summed E-state index contributed by atoms with van der Waals surface area (Å²) in [7, 11) is 6.10. The van der Waals surface area contributed by atoms with Crippen LogP contribution in [0.2, 0.25) is 0 Å². The van der Waals surface area contributed by atoms with Crippen molar-refractivity contribution in [2.24, 2.45) is 11.8 Å². The van der Waals surface area contributed by atoms with Crippen LogP contribution >= 0.6 is 0 Å². The number of aromatic nitrogens is 3. The number of nitrogens with zero attached hydrogens (tertiary/aromatic N) is 7. The van der Waals surface area contributed by atoms with Gasteiger partial charge in [0.25, 0.3) is 0 Å². The second kappa shape index (κ2) is 11.8. The van der Waals surface area contributed by atoms with Crippen molar-refractivity contribution in [1.29, 1.82) is 0 Å². The minimum atomic E-state index is 0.626. The molecule has 1 aromatic rings. The second-order valence-corrected chi connectivity index (χ2v) is 9.09. The molecule has 9 heteroatoms. The Morgan fingerprint density at radius 1 is 0.903 bits per heavy atom. The molecule has 2 atom stereocenters. The molecule has 0 saturated carbocycles. The third kappa shape index (κ3) is 6.89. The summed E-state index contributed by atoms with van der Waals surface area (Å²) in [6, 6.07) is 0. The molecule has 31 heavy (non-hydrogen) atoms. The van der Waals surface area contributed by atoms with Crippen molar-refractivity contribution in [1.82, 2.24) is 24.8 Å². The van der Waals surface area contributed by atoms with Gasteiger partial charge in [0.2, 0.25) is 17.8 Å². The standard InChI is InChI=1S/C22H42N8O/c1-6-27(3)14-18-8-11-29(16-18)21-24-20(23-10-13-31-5)25-22(26-21)30-12-9-19(17-30)15-28(4)7-2/h18-19H,6-17H2,1-5H3,(H,23,24,25,26)/t18-,19-/m0/s1. The van der Waals surface area contributed by atoms with Gasteiger partial charge in [-0.2, -0.15) is 15.0 Å². The Labute approximate surface area is 188 Å². The van der Waals surface area contributed by atoms with Gasteiger partial charge in [-0.05, 0) is 51.9 Å². The highest BCUT2D eigenvalue weighted by Crippen LogP contribution is 2.27. The molecule has 9 nitrogen and oxygen atoms in total. The molecule has 3 heterocycles. The normalized spacial score (nSPS) is 21.6. The number of ether oxygens (including phenoxy) is 1. The number of anilines is 3. The van der Waals surface area contributed by atoms with E-state index in [2.05, 4.69) is 52.9 Å². The lowest BCUT2D eigenvalue weighted by atomic mass is 10.1. The molecule has 0 spiro atoms. The minimum Gasteiger partial charge on any atom is -0.383 e. The summed E-state index contributed by atoms with van der Waals surface area (Å²) < 4.78 is 5.18. The Bertz CT molecular complexity index is 627. The first-order valence-electron chi connectivity index (χ1n) is 11.9. The number of methoxy groups -OCH3 is 1. The van der Waals surface area contributed by atoms with Gasteiger partial charge in [0.15, 0.2) is 0 Å². The maximum atomic E-state index is 5.18. The van der Waals surface area contributed by atoms with E-state index in [0.29, 0.717) is 30.9 Å². The molecule has 176 valence electrons. The Hall–Kier alpha value is -1.71. The molecule has 0 aliphatic carbocycles. The molecule has 2 fully saturated rings. The first-order valence-corrected chi connectivity index (χ1v) is 11.9. The zero-order valence-electron chi connectivity index (χ0n) is 20.2. The quantitative estimate of drug-likeness (QED) is 0.493. The summed E-state index contributed by atoms with van der Waals surface area (Å²) in [5.74, 6) is 3.59. The van der Waals surface area contributed by atoms with Gasteiger partial charge in [0.1, 0.15) is 0 Å². The Balaban J connectivity index is 1.71. The molecule has 2 aliphatic heterocycles. The Kier molecular flexibility index (Phi) is 9.10. The van der Waals surface area contributed by atoms with E-state index in [1.54, 1.807) is 7.11 Å². The molecule has 3 rings (SSSR count). The van der Waals surface area contributed by atoms with Crippen LogP contribution in [0.3, 0.4) is 0 Å². The lowest BCUT2D eigenvalue weighted by Crippen LogP contribution is -2.31.